The predicted octanol–water partition coefficient (Wildman–Crippen LogP) is 4.95. The zero-order valence-corrected chi connectivity index (χ0v) is 19.6. The van der Waals surface area contributed by atoms with Gasteiger partial charge in [-0.05, 0) is 18.6 Å². The number of carbonyl (C=O) groups is 1. The topological polar surface area (TPSA) is 107 Å². The van der Waals surface area contributed by atoms with E-state index in [-0.39, 0.29) is 12.5 Å². The van der Waals surface area contributed by atoms with E-state index in [0.717, 1.165) is 5.56 Å². The van der Waals surface area contributed by atoms with Crippen LogP contribution >= 0.6 is 23.2 Å². The molecule has 11 heteroatoms. The first-order valence-corrected chi connectivity index (χ1v) is 10.3. The Kier molecular flexibility index (Phi) is 7.92. The number of hydrogen-bond acceptors (Lipinski definition) is 8. The molecule has 0 aliphatic heterocycles. The summed E-state index contributed by atoms with van der Waals surface area (Å²) < 4.78 is 16.3. The quantitative estimate of drug-likeness (QED) is 0.406. The molecule has 1 aromatic carbocycles. The number of ether oxygens (including phenoxy) is 3. The standard InChI is InChI=1S/C22H21Cl2N5O4/c1-5-18(30)28-15-10-25-7-12(2)21(15)29-22-26-8-13(9-27-22)33-11-14-19(23)16(31-3)6-17(32-4)20(14)24/h5-10H,1,11H2,2-4H3,(H,28,30)(H,25,26,27,29). The highest BCUT2D eigenvalue weighted by atomic mass is 35.5. The van der Waals surface area contributed by atoms with Gasteiger partial charge < -0.3 is 24.8 Å². The Morgan fingerprint density at radius 3 is 2.30 bits per heavy atom. The van der Waals surface area contributed by atoms with Gasteiger partial charge in [-0.3, -0.25) is 9.78 Å². The Morgan fingerprint density at radius 2 is 1.73 bits per heavy atom. The van der Waals surface area contributed by atoms with E-state index in [0.29, 0.717) is 50.2 Å². The highest BCUT2D eigenvalue weighted by Gasteiger charge is 2.18. The van der Waals surface area contributed by atoms with Crippen molar-refractivity contribution in [3.8, 4) is 17.2 Å². The fraction of sp³-hybridized carbons (Fsp3) is 0.182. The number of nitrogens with one attached hydrogen (secondary N) is 2. The third-order valence-corrected chi connectivity index (χ3v) is 5.32. The van der Waals surface area contributed by atoms with Crippen molar-refractivity contribution >= 4 is 46.4 Å². The van der Waals surface area contributed by atoms with Crippen LogP contribution in [0.4, 0.5) is 17.3 Å². The van der Waals surface area contributed by atoms with Crippen LogP contribution in [0.2, 0.25) is 10.0 Å². The number of pyridine rings is 1. The van der Waals surface area contributed by atoms with Gasteiger partial charge in [-0.15, -0.1) is 0 Å². The lowest BCUT2D eigenvalue weighted by Crippen LogP contribution is -2.11. The Labute approximate surface area is 200 Å². The largest absolute Gasteiger partial charge is 0.495 e. The van der Waals surface area contributed by atoms with Gasteiger partial charge >= 0.3 is 0 Å². The molecule has 33 heavy (non-hydrogen) atoms. The maximum absolute atomic E-state index is 11.7. The first-order chi connectivity index (χ1) is 15.9. The molecule has 2 heterocycles. The summed E-state index contributed by atoms with van der Waals surface area (Å²) in [6, 6.07) is 1.60. The van der Waals surface area contributed by atoms with Crippen molar-refractivity contribution in [3.05, 3.63) is 64.7 Å². The van der Waals surface area contributed by atoms with Crippen LogP contribution in [0.5, 0.6) is 17.2 Å². The van der Waals surface area contributed by atoms with Gasteiger partial charge in [-0.1, -0.05) is 29.8 Å². The van der Waals surface area contributed by atoms with Crippen molar-refractivity contribution in [1.29, 1.82) is 0 Å². The number of carbonyl (C=O) groups excluding carboxylic acids is 1. The number of anilines is 3. The molecule has 172 valence electrons. The van der Waals surface area contributed by atoms with Crippen LogP contribution in [0, 0.1) is 6.92 Å². The van der Waals surface area contributed by atoms with Crippen molar-refractivity contribution in [2.45, 2.75) is 13.5 Å². The van der Waals surface area contributed by atoms with Gasteiger partial charge in [0.15, 0.2) is 5.75 Å². The van der Waals surface area contributed by atoms with Crippen molar-refractivity contribution in [2.75, 3.05) is 24.9 Å². The van der Waals surface area contributed by atoms with Crippen LogP contribution in [0.25, 0.3) is 0 Å². The van der Waals surface area contributed by atoms with Crippen molar-refractivity contribution < 1.29 is 19.0 Å². The number of amides is 1. The molecule has 1 amide bonds. The minimum atomic E-state index is -0.360. The van der Waals surface area contributed by atoms with E-state index in [2.05, 4.69) is 32.2 Å². The summed E-state index contributed by atoms with van der Waals surface area (Å²) in [5.41, 5.74) is 2.37. The van der Waals surface area contributed by atoms with Crippen molar-refractivity contribution in [1.82, 2.24) is 15.0 Å². The minimum Gasteiger partial charge on any atom is -0.495 e. The molecule has 3 aromatic rings. The second-order valence-electron chi connectivity index (χ2n) is 6.62. The fourth-order valence-corrected chi connectivity index (χ4v) is 3.41. The number of aromatic nitrogens is 3. The second-order valence-corrected chi connectivity index (χ2v) is 7.37. The lowest BCUT2D eigenvalue weighted by Gasteiger charge is -2.15. The average Bonchev–Trinajstić information content (AvgIpc) is 2.82. The summed E-state index contributed by atoms with van der Waals surface area (Å²) in [5.74, 6) is 1.16. The van der Waals surface area contributed by atoms with Crippen LogP contribution in [0.1, 0.15) is 11.1 Å². The summed E-state index contributed by atoms with van der Waals surface area (Å²) in [5, 5.41) is 6.42. The third-order valence-electron chi connectivity index (χ3n) is 4.49. The summed E-state index contributed by atoms with van der Waals surface area (Å²) in [7, 11) is 3.00. The molecule has 2 N–H and O–H groups in total. The molecule has 0 fully saturated rings. The molecule has 0 radical (unpaired) electrons. The lowest BCUT2D eigenvalue weighted by molar-refractivity contribution is -0.111. The van der Waals surface area contributed by atoms with Crippen LogP contribution < -0.4 is 24.8 Å². The smallest absolute Gasteiger partial charge is 0.247 e. The molecule has 0 atom stereocenters. The molecule has 0 aliphatic rings. The van der Waals surface area contributed by atoms with E-state index in [9.17, 15) is 4.79 Å². The monoisotopic (exact) mass is 489 g/mol. The van der Waals surface area contributed by atoms with E-state index in [1.165, 1.54) is 38.9 Å². The number of methoxy groups -OCH3 is 2. The predicted molar refractivity (Wildman–Crippen MR) is 127 cm³/mol. The van der Waals surface area contributed by atoms with Gasteiger partial charge in [-0.25, -0.2) is 9.97 Å². The normalized spacial score (nSPS) is 10.3. The SMILES string of the molecule is C=CC(=O)Nc1cncc(C)c1Nc1ncc(OCc2c(Cl)c(OC)cc(OC)c2Cl)cn1. The maximum Gasteiger partial charge on any atom is 0.247 e. The van der Waals surface area contributed by atoms with Crippen LogP contribution in [-0.4, -0.2) is 35.1 Å². The van der Waals surface area contributed by atoms with Crippen LogP contribution in [-0.2, 0) is 11.4 Å². The molecular weight excluding hydrogens is 469 g/mol. The maximum atomic E-state index is 11.7. The fourth-order valence-electron chi connectivity index (χ4n) is 2.80. The number of halogens is 2. The molecule has 9 nitrogen and oxygen atoms in total. The lowest BCUT2D eigenvalue weighted by atomic mass is 10.2. The van der Waals surface area contributed by atoms with Gasteiger partial charge in [0.1, 0.15) is 18.1 Å². The first kappa shape index (κ1) is 24.1. The van der Waals surface area contributed by atoms with Gasteiger partial charge in [0.05, 0.1) is 54.2 Å². The number of nitrogens with zero attached hydrogens (tertiary/aromatic N) is 3. The Balaban J connectivity index is 1.76. The zero-order valence-electron chi connectivity index (χ0n) is 18.1. The van der Waals surface area contributed by atoms with E-state index in [4.69, 9.17) is 37.4 Å². The van der Waals surface area contributed by atoms with Crippen molar-refractivity contribution in [2.24, 2.45) is 0 Å². The zero-order chi connectivity index (χ0) is 24.0. The van der Waals surface area contributed by atoms with Crippen LogP contribution in [0.3, 0.4) is 0 Å². The molecular formula is C22H21Cl2N5O4. The Bertz CT molecular complexity index is 1140. The number of benzene rings is 1. The van der Waals surface area contributed by atoms with E-state index >= 15 is 0 Å². The molecule has 0 bridgehead atoms. The van der Waals surface area contributed by atoms with Gasteiger partial charge in [-0.2, -0.15) is 0 Å². The summed E-state index contributed by atoms with van der Waals surface area (Å²) in [6.45, 7) is 5.33. The third kappa shape index (κ3) is 5.63. The summed E-state index contributed by atoms with van der Waals surface area (Å²) in [6.07, 6.45) is 7.33. The second kappa shape index (κ2) is 10.8. The molecule has 0 saturated carbocycles. The highest BCUT2D eigenvalue weighted by molar-refractivity contribution is 6.37. The molecule has 2 aromatic heterocycles. The molecule has 0 saturated heterocycles. The molecule has 3 rings (SSSR count). The van der Waals surface area contributed by atoms with E-state index in [1.807, 2.05) is 6.92 Å². The van der Waals surface area contributed by atoms with Gasteiger partial charge in [0, 0.05) is 17.8 Å². The van der Waals surface area contributed by atoms with Crippen molar-refractivity contribution in [3.63, 3.8) is 0 Å². The first-order valence-electron chi connectivity index (χ1n) is 9.56. The molecule has 0 aliphatic carbocycles. The number of rotatable bonds is 9. The number of aryl methyl sites for hydroxylation is 1. The minimum absolute atomic E-state index is 0.0442. The van der Waals surface area contributed by atoms with Gasteiger partial charge in [0.2, 0.25) is 11.9 Å². The Hall–Kier alpha value is -3.56. The van der Waals surface area contributed by atoms with Crippen LogP contribution in [0.15, 0.2) is 43.5 Å². The highest BCUT2D eigenvalue weighted by Crippen LogP contribution is 2.40. The van der Waals surface area contributed by atoms with Gasteiger partial charge in [0.25, 0.3) is 0 Å². The Morgan fingerprint density at radius 1 is 1.09 bits per heavy atom. The average molecular weight is 490 g/mol. The summed E-state index contributed by atoms with van der Waals surface area (Å²) >= 11 is 12.7. The molecule has 0 spiro atoms. The summed E-state index contributed by atoms with van der Waals surface area (Å²) in [4.78, 5) is 24.3. The van der Waals surface area contributed by atoms with E-state index < -0.39 is 0 Å². The van der Waals surface area contributed by atoms with E-state index in [1.54, 1.807) is 12.3 Å². The number of hydrogen-bond donors (Lipinski definition) is 2. The molecule has 0 unspecified atom stereocenters.